The lowest BCUT2D eigenvalue weighted by Gasteiger charge is -2.33. The Labute approximate surface area is 151 Å². The Morgan fingerprint density at radius 1 is 0.862 bits per heavy atom. The molecule has 29 heavy (non-hydrogen) atoms. The number of anilines is 1. The smallest absolute Gasteiger partial charge is 0.462 e. The van der Waals surface area contributed by atoms with E-state index in [1.54, 1.807) is 0 Å². The molecule has 0 fully saturated rings. The van der Waals surface area contributed by atoms with Gasteiger partial charge in [-0.25, -0.2) is 4.79 Å². The number of ether oxygens (including phenoxy) is 2. The van der Waals surface area contributed by atoms with Crippen LogP contribution >= 0.6 is 0 Å². The number of esters is 1. The summed E-state index contributed by atoms with van der Waals surface area (Å²) in [4.78, 5) is 11.3. The largest absolute Gasteiger partial charge is 0.733 e. The third-order valence-electron chi connectivity index (χ3n) is 2.89. The van der Waals surface area contributed by atoms with Gasteiger partial charge in [-0.05, 0) is 24.3 Å². The number of halogens is 11. The van der Waals surface area contributed by atoms with E-state index in [1.165, 1.54) is 0 Å². The molecular weight excluding hydrogens is 447 g/mol. The van der Waals surface area contributed by atoms with E-state index in [1.807, 2.05) is 4.74 Å². The zero-order chi connectivity index (χ0) is 23.1. The van der Waals surface area contributed by atoms with E-state index in [0.29, 0.717) is 24.3 Å². The molecule has 0 aliphatic heterocycles. The topological polar surface area (TPSA) is 82.1 Å². The maximum absolute atomic E-state index is 13.9. The molecule has 1 aromatic rings. The van der Waals surface area contributed by atoms with Gasteiger partial charge in [0.25, 0.3) is 0 Å². The number of carbonyl (C=O) groups excluding carboxylic acids is 1. The highest BCUT2D eigenvalue weighted by atomic mass is 19.4. The SMILES string of the molecule is O=C(Oc1ccc(N([O-])O)cc1)C(F)(OC(F)(F)C(F)(F)C(F)(F)F)C(F)(F)F. The van der Waals surface area contributed by atoms with Gasteiger partial charge < -0.3 is 15.2 Å². The van der Waals surface area contributed by atoms with Crippen LogP contribution in [0, 0.1) is 5.21 Å². The van der Waals surface area contributed by atoms with Crippen LogP contribution in [0.2, 0.25) is 0 Å². The summed E-state index contributed by atoms with van der Waals surface area (Å²) >= 11 is 0. The molecule has 166 valence electrons. The Morgan fingerprint density at radius 3 is 1.66 bits per heavy atom. The summed E-state index contributed by atoms with van der Waals surface area (Å²) in [6.45, 7) is 0. The first-order valence-electron chi connectivity index (χ1n) is 6.53. The third-order valence-corrected chi connectivity index (χ3v) is 2.89. The molecule has 0 bridgehead atoms. The highest BCUT2D eigenvalue weighted by molar-refractivity contribution is 5.81. The van der Waals surface area contributed by atoms with Gasteiger partial charge >= 0.3 is 36.2 Å². The van der Waals surface area contributed by atoms with E-state index >= 15 is 0 Å². The van der Waals surface area contributed by atoms with Crippen molar-refractivity contribution in [1.29, 1.82) is 0 Å². The van der Waals surface area contributed by atoms with E-state index in [0.717, 1.165) is 0 Å². The van der Waals surface area contributed by atoms with Crippen molar-refractivity contribution in [3.05, 3.63) is 29.5 Å². The van der Waals surface area contributed by atoms with E-state index in [-0.39, 0.29) is 0 Å². The number of rotatable bonds is 6. The van der Waals surface area contributed by atoms with Crippen LogP contribution in [0.25, 0.3) is 0 Å². The van der Waals surface area contributed by atoms with Crippen LogP contribution < -0.4 is 9.96 Å². The van der Waals surface area contributed by atoms with E-state index in [4.69, 9.17) is 5.21 Å². The normalized spacial score (nSPS) is 15.6. The molecule has 1 N–H and O–H groups in total. The van der Waals surface area contributed by atoms with Crippen LogP contribution in [-0.2, 0) is 9.53 Å². The number of nitrogens with zero attached hydrogens (tertiary/aromatic N) is 1. The number of hydrogen-bond acceptors (Lipinski definition) is 6. The molecule has 0 amide bonds. The maximum Gasteiger partial charge on any atom is 0.462 e. The standard InChI is InChI=1S/C12H5F11NO5/c13-8(10(16,17)18,29-12(22,23)9(14,15)11(19,20)21)7(25)28-6-3-1-5(2-4-6)24(26)27/h1-4,26H/q-1. The zero-order valence-corrected chi connectivity index (χ0v) is 13.0. The molecule has 0 heterocycles. The van der Waals surface area contributed by atoms with Gasteiger partial charge in [0.2, 0.25) is 0 Å². The molecule has 0 radical (unpaired) electrons. The van der Waals surface area contributed by atoms with E-state index in [9.17, 15) is 58.3 Å². The van der Waals surface area contributed by atoms with Crippen molar-refractivity contribution < 1.29 is 67.8 Å². The summed E-state index contributed by atoms with van der Waals surface area (Å²) in [5, 5.41) is 18.2. The van der Waals surface area contributed by atoms with Gasteiger partial charge in [-0.1, -0.05) is 0 Å². The van der Waals surface area contributed by atoms with Gasteiger partial charge in [0, 0.05) is 0 Å². The molecule has 17 heteroatoms. The summed E-state index contributed by atoms with van der Waals surface area (Å²) in [5.41, 5.74) is -0.611. The average molecular weight is 452 g/mol. The van der Waals surface area contributed by atoms with Crippen molar-refractivity contribution in [3.8, 4) is 5.75 Å². The van der Waals surface area contributed by atoms with Gasteiger partial charge in [-0.3, -0.25) is 9.94 Å². The molecule has 0 saturated heterocycles. The fourth-order valence-electron chi connectivity index (χ4n) is 1.44. The summed E-state index contributed by atoms with van der Waals surface area (Å²) in [5.74, 6) is -18.4. The Balaban J connectivity index is 3.25. The average Bonchev–Trinajstić information content (AvgIpc) is 2.52. The first kappa shape index (κ1) is 24.6. The fourth-order valence-corrected chi connectivity index (χ4v) is 1.44. The molecule has 1 unspecified atom stereocenters. The van der Waals surface area contributed by atoms with Crippen molar-refractivity contribution in [2.45, 2.75) is 30.2 Å². The second-order valence-corrected chi connectivity index (χ2v) is 4.94. The Bertz CT molecular complexity index is 731. The minimum absolute atomic E-state index is 0.410. The van der Waals surface area contributed by atoms with Gasteiger partial charge in [0.15, 0.2) is 0 Å². The molecule has 0 spiro atoms. The predicted octanol–water partition coefficient (Wildman–Crippen LogP) is 4.32. The maximum atomic E-state index is 13.9. The first-order valence-corrected chi connectivity index (χ1v) is 6.53. The molecule has 1 rings (SSSR count). The lowest BCUT2D eigenvalue weighted by atomic mass is 10.2. The summed E-state index contributed by atoms with van der Waals surface area (Å²) < 4.78 is 145. The number of benzene rings is 1. The van der Waals surface area contributed by atoms with Crippen LogP contribution in [0.1, 0.15) is 0 Å². The second-order valence-electron chi connectivity index (χ2n) is 4.94. The molecular formula is C12H5F11NO5-. The fraction of sp³-hybridized carbons (Fsp3) is 0.417. The summed E-state index contributed by atoms with van der Waals surface area (Å²) in [7, 11) is 0. The zero-order valence-electron chi connectivity index (χ0n) is 13.0. The van der Waals surface area contributed by atoms with Crippen LogP contribution in [0.15, 0.2) is 24.3 Å². The monoisotopic (exact) mass is 452 g/mol. The molecule has 1 aromatic carbocycles. The molecule has 0 aliphatic rings. The minimum atomic E-state index is -7.33. The van der Waals surface area contributed by atoms with E-state index < -0.39 is 52.9 Å². The highest BCUT2D eigenvalue weighted by Crippen LogP contribution is 2.51. The van der Waals surface area contributed by atoms with E-state index in [2.05, 4.69) is 4.74 Å². The first-order chi connectivity index (χ1) is 12.8. The van der Waals surface area contributed by atoms with Gasteiger partial charge in [-0.15, -0.1) is 0 Å². The van der Waals surface area contributed by atoms with Crippen LogP contribution in [-0.4, -0.2) is 41.4 Å². The lowest BCUT2D eigenvalue weighted by Crippen LogP contribution is -2.62. The minimum Gasteiger partial charge on any atom is -0.733 e. The lowest BCUT2D eigenvalue weighted by molar-refractivity contribution is -0.474. The van der Waals surface area contributed by atoms with Crippen LogP contribution in [0.5, 0.6) is 5.75 Å². The van der Waals surface area contributed by atoms with Gasteiger partial charge in [0.1, 0.15) is 5.75 Å². The molecule has 0 aliphatic carbocycles. The van der Waals surface area contributed by atoms with Crippen molar-refractivity contribution >= 4 is 11.7 Å². The van der Waals surface area contributed by atoms with Crippen molar-refractivity contribution in [2.24, 2.45) is 0 Å². The Morgan fingerprint density at radius 2 is 1.31 bits per heavy atom. The second kappa shape index (κ2) is 7.45. The Kier molecular flexibility index (Phi) is 6.33. The number of alkyl halides is 11. The number of hydrogen-bond donors (Lipinski definition) is 1. The molecule has 1 atom stereocenters. The van der Waals surface area contributed by atoms with Crippen molar-refractivity contribution in [3.63, 3.8) is 0 Å². The van der Waals surface area contributed by atoms with Crippen molar-refractivity contribution in [1.82, 2.24) is 0 Å². The highest BCUT2D eigenvalue weighted by Gasteiger charge is 2.80. The quantitative estimate of drug-likeness (QED) is 0.300. The number of carbonyl (C=O) groups is 1. The summed E-state index contributed by atoms with van der Waals surface area (Å²) in [6.07, 6.45) is -21.3. The molecule has 0 aromatic heterocycles. The molecule has 6 nitrogen and oxygen atoms in total. The van der Waals surface area contributed by atoms with Gasteiger partial charge in [-0.2, -0.15) is 48.3 Å². The molecule has 0 saturated carbocycles. The predicted molar refractivity (Wildman–Crippen MR) is 66.6 cm³/mol. The Hall–Kier alpha value is -2.40. The van der Waals surface area contributed by atoms with Gasteiger partial charge in [0.05, 0.1) is 5.69 Å². The summed E-state index contributed by atoms with van der Waals surface area (Å²) in [6, 6.07) is 1.92. The van der Waals surface area contributed by atoms with Crippen LogP contribution in [0.3, 0.4) is 0 Å². The third kappa shape index (κ3) is 4.78. The van der Waals surface area contributed by atoms with Crippen molar-refractivity contribution in [2.75, 3.05) is 5.23 Å². The van der Waals surface area contributed by atoms with Crippen LogP contribution in [0.4, 0.5) is 54.0 Å².